The molecular formula is C29H41IN2O8. The maximum Gasteiger partial charge on any atom is 0.252 e. The summed E-state index contributed by atoms with van der Waals surface area (Å²) in [7, 11) is 1.50. The SMILES string of the molecule is COc1cc(CO)cc(I)c1O[C@H]1C=C(C(=O)NCCO)C[C@@H](N(CC2CCCCC2)C(=O)C2CCCO2)[C@@H]1O. The third kappa shape index (κ3) is 7.47. The lowest BCUT2D eigenvalue weighted by molar-refractivity contribution is -0.149. The van der Waals surface area contributed by atoms with Crippen LogP contribution in [0.15, 0.2) is 23.8 Å². The van der Waals surface area contributed by atoms with Gasteiger partial charge < -0.3 is 39.7 Å². The summed E-state index contributed by atoms with van der Waals surface area (Å²) in [6.45, 7) is 0.734. The van der Waals surface area contributed by atoms with Gasteiger partial charge in [-0.1, -0.05) is 19.3 Å². The Kier molecular flexibility index (Phi) is 11.5. The van der Waals surface area contributed by atoms with Crippen molar-refractivity contribution >= 4 is 34.4 Å². The summed E-state index contributed by atoms with van der Waals surface area (Å²) in [6.07, 6.45) is 6.01. The van der Waals surface area contributed by atoms with Crippen molar-refractivity contribution in [3.63, 3.8) is 0 Å². The zero-order valence-electron chi connectivity index (χ0n) is 23.0. The predicted octanol–water partition coefficient (Wildman–Crippen LogP) is 2.30. The first-order valence-electron chi connectivity index (χ1n) is 14.2. The van der Waals surface area contributed by atoms with Crippen LogP contribution in [0, 0.1) is 9.49 Å². The number of methoxy groups -OCH3 is 1. The van der Waals surface area contributed by atoms with Crippen molar-refractivity contribution in [3.8, 4) is 11.5 Å². The summed E-state index contributed by atoms with van der Waals surface area (Å²) in [5.41, 5.74) is 1.03. The maximum absolute atomic E-state index is 13.9. The van der Waals surface area contributed by atoms with Crippen LogP contribution in [0.5, 0.6) is 11.5 Å². The van der Waals surface area contributed by atoms with E-state index in [9.17, 15) is 24.9 Å². The Morgan fingerprint density at radius 1 is 1.15 bits per heavy atom. The van der Waals surface area contributed by atoms with Crippen molar-refractivity contribution in [3.05, 3.63) is 32.9 Å². The molecule has 1 saturated carbocycles. The van der Waals surface area contributed by atoms with Crippen LogP contribution in [-0.4, -0.2) is 89.8 Å². The highest BCUT2D eigenvalue weighted by Gasteiger charge is 2.43. The molecule has 1 aliphatic heterocycles. The van der Waals surface area contributed by atoms with E-state index in [2.05, 4.69) is 27.9 Å². The third-order valence-corrected chi connectivity index (χ3v) is 8.81. The molecule has 1 saturated heterocycles. The smallest absolute Gasteiger partial charge is 0.252 e. The van der Waals surface area contributed by atoms with E-state index in [0.717, 1.165) is 32.1 Å². The average Bonchev–Trinajstić information content (AvgIpc) is 3.52. The van der Waals surface area contributed by atoms with E-state index in [0.29, 0.717) is 51.7 Å². The Bertz CT molecular complexity index is 1050. The van der Waals surface area contributed by atoms with Crippen molar-refractivity contribution in [2.75, 3.05) is 33.4 Å². The second-order valence-electron chi connectivity index (χ2n) is 10.8. The molecule has 1 heterocycles. The number of hydrogen-bond donors (Lipinski definition) is 4. The molecule has 4 atom stereocenters. The van der Waals surface area contributed by atoms with Gasteiger partial charge in [-0.3, -0.25) is 9.59 Å². The molecular weight excluding hydrogens is 631 g/mol. The van der Waals surface area contributed by atoms with E-state index in [1.54, 1.807) is 23.1 Å². The van der Waals surface area contributed by atoms with Gasteiger partial charge in [0.05, 0.1) is 29.9 Å². The molecule has 2 aliphatic carbocycles. The van der Waals surface area contributed by atoms with Crippen LogP contribution in [0.2, 0.25) is 0 Å². The van der Waals surface area contributed by atoms with Crippen molar-refractivity contribution < 1.29 is 39.1 Å². The van der Waals surface area contributed by atoms with E-state index in [1.807, 2.05) is 0 Å². The van der Waals surface area contributed by atoms with Crippen LogP contribution in [0.4, 0.5) is 0 Å². The molecule has 4 rings (SSSR count). The van der Waals surface area contributed by atoms with Crippen LogP contribution in [0.25, 0.3) is 0 Å². The average molecular weight is 673 g/mol. The number of amides is 2. The second kappa shape index (κ2) is 14.8. The molecule has 2 fully saturated rings. The van der Waals surface area contributed by atoms with Gasteiger partial charge >= 0.3 is 0 Å². The number of carbonyl (C=O) groups excluding carboxylic acids is 2. The number of halogens is 1. The molecule has 1 aromatic carbocycles. The third-order valence-electron chi connectivity index (χ3n) is 8.01. The molecule has 1 aromatic rings. The first-order valence-corrected chi connectivity index (χ1v) is 15.3. The largest absolute Gasteiger partial charge is 0.493 e. The summed E-state index contributed by atoms with van der Waals surface area (Å²) in [5.74, 6) is 0.553. The Morgan fingerprint density at radius 2 is 1.93 bits per heavy atom. The lowest BCUT2D eigenvalue weighted by Crippen LogP contribution is -2.58. The summed E-state index contributed by atoms with van der Waals surface area (Å²) in [5, 5.41) is 33.3. The van der Waals surface area contributed by atoms with Gasteiger partial charge in [0.25, 0.3) is 5.91 Å². The fourth-order valence-corrected chi connectivity index (χ4v) is 6.68. The number of rotatable bonds is 11. The number of aliphatic hydroxyl groups is 3. The zero-order valence-corrected chi connectivity index (χ0v) is 25.2. The quantitative estimate of drug-likeness (QED) is 0.263. The molecule has 0 spiro atoms. The normalized spacial score (nSPS) is 25.3. The maximum atomic E-state index is 13.9. The van der Waals surface area contributed by atoms with E-state index in [4.69, 9.17) is 14.2 Å². The van der Waals surface area contributed by atoms with Gasteiger partial charge in [0, 0.05) is 31.7 Å². The van der Waals surface area contributed by atoms with Crippen molar-refractivity contribution in [1.29, 1.82) is 0 Å². The van der Waals surface area contributed by atoms with Crippen molar-refractivity contribution in [2.24, 2.45) is 5.92 Å². The summed E-state index contributed by atoms with van der Waals surface area (Å²) in [6, 6.07) is 2.72. The first kappa shape index (κ1) is 31.0. The minimum Gasteiger partial charge on any atom is -0.493 e. The molecule has 3 aliphatic rings. The lowest BCUT2D eigenvalue weighted by Gasteiger charge is -2.43. The van der Waals surface area contributed by atoms with Gasteiger partial charge in [-0.25, -0.2) is 0 Å². The Labute approximate surface area is 249 Å². The molecule has 40 heavy (non-hydrogen) atoms. The Morgan fingerprint density at radius 3 is 2.58 bits per heavy atom. The first-order chi connectivity index (χ1) is 19.4. The molecule has 0 aromatic heterocycles. The molecule has 0 radical (unpaired) electrons. The van der Waals surface area contributed by atoms with Crippen molar-refractivity contribution in [2.45, 2.75) is 82.3 Å². The molecule has 1 unspecified atom stereocenters. The Hall–Kier alpha value is -1.93. The van der Waals surface area contributed by atoms with Crippen LogP contribution in [0.3, 0.4) is 0 Å². The zero-order chi connectivity index (χ0) is 28.6. The number of carbonyl (C=O) groups is 2. The highest BCUT2D eigenvalue weighted by molar-refractivity contribution is 14.1. The minimum atomic E-state index is -1.12. The number of ether oxygens (including phenoxy) is 3. The Balaban J connectivity index is 1.68. The van der Waals surface area contributed by atoms with E-state index >= 15 is 0 Å². The van der Waals surface area contributed by atoms with E-state index < -0.39 is 24.4 Å². The fraction of sp³-hybridized carbons (Fsp3) is 0.655. The van der Waals surface area contributed by atoms with Gasteiger partial charge in [0.15, 0.2) is 11.5 Å². The van der Waals surface area contributed by atoms with Gasteiger partial charge in [-0.05, 0) is 78.0 Å². The van der Waals surface area contributed by atoms with Gasteiger partial charge in [-0.2, -0.15) is 0 Å². The minimum absolute atomic E-state index is 0.0872. The highest BCUT2D eigenvalue weighted by Crippen LogP contribution is 2.38. The van der Waals surface area contributed by atoms with Crippen LogP contribution >= 0.6 is 22.6 Å². The van der Waals surface area contributed by atoms with Gasteiger partial charge in [0.2, 0.25) is 5.91 Å². The molecule has 11 heteroatoms. The molecule has 4 N–H and O–H groups in total. The van der Waals surface area contributed by atoms with E-state index in [1.165, 1.54) is 13.5 Å². The van der Waals surface area contributed by atoms with Crippen LogP contribution in [0.1, 0.15) is 56.9 Å². The number of nitrogens with one attached hydrogen (secondary N) is 1. The van der Waals surface area contributed by atoms with Crippen LogP contribution < -0.4 is 14.8 Å². The standard InChI is InChI=1S/C29H41IN2O8/c1-38-25-13-19(17-34)12-21(30)27(25)40-24-15-20(28(36)31-9-10-33)14-22(26(24)35)32(16-18-6-3-2-4-7-18)29(37)23-8-5-11-39-23/h12-13,15,18,22-24,26,33-35H,2-11,14,16-17H2,1H3,(H,31,36)/t22-,23?,24+,26+/m1/s1. The topological polar surface area (TPSA) is 138 Å². The summed E-state index contributed by atoms with van der Waals surface area (Å²) >= 11 is 2.08. The molecule has 222 valence electrons. The van der Waals surface area contributed by atoms with Crippen molar-refractivity contribution in [1.82, 2.24) is 10.2 Å². The molecule has 2 amide bonds. The fourth-order valence-electron chi connectivity index (χ4n) is 5.89. The lowest BCUT2D eigenvalue weighted by atomic mass is 9.85. The number of nitrogens with zero attached hydrogens (tertiary/aromatic N) is 1. The van der Waals surface area contributed by atoms with E-state index in [-0.39, 0.29) is 38.0 Å². The van der Waals surface area contributed by atoms with Gasteiger partial charge in [-0.15, -0.1) is 0 Å². The predicted molar refractivity (Wildman–Crippen MR) is 156 cm³/mol. The van der Waals surface area contributed by atoms with Crippen LogP contribution in [-0.2, 0) is 20.9 Å². The second-order valence-corrected chi connectivity index (χ2v) is 11.9. The number of benzene rings is 1. The molecule has 0 bridgehead atoms. The molecule has 10 nitrogen and oxygen atoms in total. The number of hydrogen-bond acceptors (Lipinski definition) is 8. The van der Waals surface area contributed by atoms with Gasteiger partial charge in [0.1, 0.15) is 18.3 Å². The number of aliphatic hydroxyl groups excluding tert-OH is 3. The highest BCUT2D eigenvalue weighted by atomic mass is 127. The summed E-state index contributed by atoms with van der Waals surface area (Å²) in [4.78, 5) is 28.7. The monoisotopic (exact) mass is 672 g/mol. The summed E-state index contributed by atoms with van der Waals surface area (Å²) < 4.78 is 18.3.